The number of morpholine rings is 1. The van der Waals surface area contributed by atoms with Crippen molar-refractivity contribution in [1.29, 1.82) is 0 Å². The molecular formula is C18H25NO5. The number of carbonyl (C=O) groups is 2. The molecule has 6 nitrogen and oxygen atoms in total. The summed E-state index contributed by atoms with van der Waals surface area (Å²) in [5.41, 5.74) is 0. The average molecular weight is 335 g/mol. The first kappa shape index (κ1) is 17.0. The number of nitrogens with zero attached hydrogens (tertiary/aromatic N) is 1. The maximum absolute atomic E-state index is 13.0. The second-order valence-electron chi connectivity index (χ2n) is 6.67. The van der Waals surface area contributed by atoms with Crippen molar-refractivity contribution in [2.24, 2.45) is 11.8 Å². The van der Waals surface area contributed by atoms with E-state index in [0.717, 1.165) is 17.9 Å². The molecular weight excluding hydrogens is 310 g/mol. The van der Waals surface area contributed by atoms with Crippen LogP contribution < -0.4 is 0 Å². The summed E-state index contributed by atoms with van der Waals surface area (Å²) in [4.78, 5) is 25.9. The summed E-state index contributed by atoms with van der Waals surface area (Å²) in [7, 11) is 0. The molecule has 0 aromatic carbocycles. The van der Waals surface area contributed by atoms with Crippen molar-refractivity contribution in [3.8, 4) is 0 Å². The molecule has 0 bridgehead atoms. The highest BCUT2D eigenvalue weighted by Crippen LogP contribution is 2.34. The normalized spacial score (nSPS) is 27.9. The molecule has 1 saturated heterocycles. The summed E-state index contributed by atoms with van der Waals surface area (Å²) in [6.45, 7) is 3.58. The van der Waals surface area contributed by atoms with Crippen molar-refractivity contribution in [1.82, 2.24) is 4.90 Å². The Kier molecular flexibility index (Phi) is 5.23. The van der Waals surface area contributed by atoms with Gasteiger partial charge in [-0.1, -0.05) is 6.92 Å². The standard InChI is InChI=1S/C18H25NO5/c1-2-14-7-8-16(24-14)15-11-23-10-9-19(15)17(20)12-3-5-13(6-4-12)18(21)22/h7-8,12-13,15H,2-6,9-11H2,1H3,(H,21,22). The Morgan fingerprint density at radius 3 is 2.54 bits per heavy atom. The minimum absolute atomic E-state index is 0.0817. The molecule has 132 valence electrons. The molecule has 0 radical (unpaired) electrons. The Morgan fingerprint density at radius 1 is 1.21 bits per heavy atom. The summed E-state index contributed by atoms with van der Waals surface area (Å²) in [5.74, 6) is 0.673. The second-order valence-corrected chi connectivity index (χ2v) is 6.67. The van der Waals surface area contributed by atoms with E-state index in [9.17, 15) is 9.59 Å². The third-order valence-electron chi connectivity index (χ3n) is 5.20. The zero-order chi connectivity index (χ0) is 17.1. The number of aryl methyl sites for hydroxylation is 1. The first-order valence-electron chi connectivity index (χ1n) is 8.79. The molecule has 0 spiro atoms. The number of carbonyl (C=O) groups excluding carboxylic acids is 1. The van der Waals surface area contributed by atoms with Crippen LogP contribution in [0.4, 0.5) is 0 Å². The van der Waals surface area contributed by atoms with Crippen LogP contribution in [-0.4, -0.2) is 41.6 Å². The fourth-order valence-corrected chi connectivity index (χ4v) is 3.69. The number of hydrogen-bond acceptors (Lipinski definition) is 4. The van der Waals surface area contributed by atoms with Crippen LogP contribution >= 0.6 is 0 Å². The monoisotopic (exact) mass is 335 g/mol. The third kappa shape index (κ3) is 3.48. The third-order valence-corrected chi connectivity index (χ3v) is 5.20. The number of carboxylic acids is 1. The highest BCUT2D eigenvalue weighted by molar-refractivity contribution is 5.80. The molecule has 6 heteroatoms. The van der Waals surface area contributed by atoms with E-state index in [-0.39, 0.29) is 23.8 Å². The molecule has 1 aliphatic heterocycles. The van der Waals surface area contributed by atoms with Crippen LogP contribution in [0.5, 0.6) is 0 Å². The topological polar surface area (TPSA) is 80.0 Å². The molecule has 1 aromatic rings. The quantitative estimate of drug-likeness (QED) is 0.915. The predicted octanol–water partition coefficient (Wildman–Crippen LogP) is 2.63. The zero-order valence-corrected chi connectivity index (χ0v) is 14.1. The lowest BCUT2D eigenvalue weighted by Crippen LogP contribution is -2.46. The Labute approximate surface area is 141 Å². The van der Waals surface area contributed by atoms with E-state index in [1.54, 1.807) is 0 Å². The minimum Gasteiger partial charge on any atom is -0.481 e. The van der Waals surface area contributed by atoms with E-state index >= 15 is 0 Å². The Bertz CT molecular complexity index is 588. The van der Waals surface area contributed by atoms with Crippen molar-refractivity contribution < 1.29 is 23.8 Å². The van der Waals surface area contributed by atoms with Gasteiger partial charge in [0.05, 0.1) is 19.1 Å². The minimum atomic E-state index is -0.743. The van der Waals surface area contributed by atoms with Crippen molar-refractivity contribution in [3.05, 3.63) is 23.7 Å². The van der Waals surface area contributed by atoms with E-state index in [1.807, 2.05) is 24.0 Å². The van der Waals surface area contributed by atoms with E-state index < -0.39 is 5.97 Å². The Hall–Kier alpha value is -1.82. The van der Waals surface area contributed by atoms with Gasteiger partial charge in [0.15, 0.2) is 0 Å². The van der Waals surface area contributed by atoms with Crippen LogP contribution in [0.15, 0.2) is 16.5 Å². The number of ether oxygens (including phenoxy) is 1. The lowest BCUT2D eigenvalue weighted by molar-refractivity contribution is -0.150. The van der Waals surface area contributed by atoms with E-state index in [4.69, 9.17) is 14.3 Å². The number of carboxylic acid groups (broad SMARTS) is 1. The van der Waals surface area contributed by atoms with Gasteiger partial charge in [-0.2, -0.15) is 0 Å². The maximum Gasteiger partial charge on any atom is 0.306 e. The zero-order valence-electron chi connectivity index (χ0n) is 14.1. The SMILES string of the molecule is CCc1ccc(C2COCCN2C(=O)C2CCC(C(=O)O)CC2)o1. The van der Waals surface area contributed by atoms with Gasteiger partial charge in [-0.05, 0) is 37.8 Å². The summed E-state index contributed by atoms with van der Waals surface area (Å²) >= 11 is 0. The first-order valence-corrected chi connectivity index (χ1v) is 8.79. The molecule has 1 N–H and O–H groups in total. The fraction of sp³-hybridized carbons (Fsp3) is 0.667. The number of aliphatic carboxylic acids is 1. The van der Waals surface area contributed by atoms with Crippen molar-refractivity contribution >= 4 is 11.9 Å². The first-order chi connectivity index (χ1) is 11.6. The van der Waals surface area contributed by atoms with Gasteiger partial charge in [0, 0.05) is 18.9 Å². The van der Waals surface area contributed by atoms with Gasteiger partial charge in [0.2, 0.25) is 5.91 Å². The van der Waals surface area contributed by atoms with Crippen LogP contribution in [0.25, 0.3) is 0 Å². The lowest BCUT2D eigenvalue weighted by atomic mass is 9.81. The summed E-state index contributed by atoms with van der Waals surface area (Å²) in [6, 6.07) is 3.70. The number of rotatable bonds is 4. The molecule has 3 rings (SSSR count). The highest BCUT2D eigenvalue weighted by atomic mass is 16.5. The fourth-order valence-electron chi connectivity index (χ4n) is 3.69. The van der Waals surface area contributed by atoms with Gasteiger partial charge in [-0.25, -0.2) is 0 Å². The van der Waals surface area contributed by atoms with Gasteiger partial charge < -0.3 is 19.2 Å². The van der Waals surface area contributed by atoms with Gasteiger partial charge in [-0.3, -0.25) is 9.59 Å². The van der Waals surface area contributed by atoms with Crippen LogP contribution in [0.1, 0.15) is 50.2 Å². The molecule has 1 unspecified atom stereocenters. The molecule has 24 heavy (non-hydrogen) atoms. The Balaban J connectivity index is 1.69. The maximum atomic E-state index is 13.0. The highest BCUT2D eigenvalue weighted by Gasteiger charge is 2.37. The molecule has 1 atom stereocenters. The summed E-state index contributed by atoms with van der Waals surface area (Å²) < 4.78 is 11.4. The van der Waals surface area contributed by atoms with E-state index in [1.165, 1.54) is 0 Å². The van der Waals surface area contributed by atoms with Crippen molar-refractivity contribution in [2.75, 3.05) is 19.8 Å². The van der Waals surface area contributed by atoms with Crippen LogP contribution in [0, 0.1) is 11.8 Å². The molecule has 1 amide bonds. The molecule has 2 heterocycles. The molecule has 1 aliphatic carbocycles. The molecule has 1 saturated carbocycles. The van der Waals surface area contributed by atoms with Crippen molar-refractivity contribution in [2.45, 2.75) is 45.1 Å². The van der Waals surface area contributed by atoms with Gasteiger partial charge in [0.25, 0.3) is 0 Å². The van der Waals surface area contributed by atoms with E-state index in [0.29, 0.717) is 45.4 Å². The summed E-state index contributed by atoms with van der Waals surface area (Å²) in [5, 5.41) is 9.10. The predicted molar refractivity (Wildman–Crippen MR) is 86.4 cm³/mol. The Morgan fingerprint density at radius 2 is 1.92 bits per heavy atom. The largest absolute Gasteiger partial charge is 0.481 e. The second kappa shape index (κ2) is 7.38. The van der Waals surface area contributed by atoms with Gasteiger partial charge in [-0.15, -0.1) is 0 Å². The molecule has 2 aliphatic rings. The smallest absolute Gasteiger partial charge is 0.306 e. The summed E-state index contributed by atoms with van der Waals surface area (Å²) in [6.07, 6.45) is 3.29. The average Bonchev–Trinajstić information content (AvgIpc) is 3.10. The lowest BCUT2D eigenvalue weighted by Gasteiger charge is -2.38. The number of furan rings is 1. The number of amides is 1. The van der Waals surface area contributed by atoms with E-state index in [2.05, 4.69) is 0 Å². The van der Waals surface area contributed by atoms with Gasteiger partial charge >= 0.3 is 5.97 Å². The molecule has 2 fully saturated rings. The van der Waals surface area contributed by atoms with Crippen LogP contribution in [0.3, 0.4) is 0 Å². The number of hydrogen-bond donors (Lipinski definition) is 1. The molecule has 1 aromatic heterocycles. The van der Waals surface area contributed by atoms with Gasteiger partial charge in [0.1, 0.15) is 17.6 Å². The van der Waals surface area contributed by atoms with Crippen LogP contribution in [0.2, 0.25) is 0 Å². The van der Waals surface area contributed by atoms with Crippen molar-refractivity contribution in [3.63, 3.8) is 0 Å². The van der Waals surface area contributed by atoms with Crippen LogP contribution in [-0.2, 0) is 20.7 Å².